The number of carbonyl (C=O) groups excluding carboxylic acids is 3. The molecule has 0 atom stereocenters. The molecule has 1 aliphatic heterocycles. The third-order valence-electron chi connectivity index (χ3n) is 5.09. The van der Waals surface area contributed by atoms with Crippen molar-refractivity contribution < 1.29 is 19.1 Å². The molecule has 1 heterocycles. The molecule has 3 aromatic rings. The van der Waals surface area contributed by atoms with Gasteiger partial charge in [0.05, 0.1) is 5.69 Å². The molecule has 0 saturated carbocycles. The van der Waals surface area contributed by atoms with E-state index in [-0.39, 0.29) is 12.2 Å². The number of hydrogen-bond acceptors (Lipinski definition) is 4. The molecule has 0 radical (unpaired) electrons. The first-order chi connectivity index (χ1) is 15.8. The Morgan fingerprint density at radius 2 is 1.61 bits per heavy atom. The number of nitrogens with zero attached hydrogens (tertiary/aromatic N) is 1. The van der Waals surface area contributed by atoms with Crippen LogP contribution in [0.2, 0.25) is 5.02 Å². The lowest BCUT2D eigenvalue weighted by atomic mass is 10.0. The van der Waals surface area contributed by atoms with Crippen LogP contribution >= 0.6 is 11.6 Å². The summed E-state index contributed by atoms with van der Waals surface area (Å²) < 4.78 is 5.93. The van der Waals surface area contributed by atoms with Gasteiger partial charge in [0.2, 0.25) is 0 Å². The second-order valence-corrected chi connectivity index (χ2v) is 8.19. The second kappa shape index (κ2) is 9.30. The van der Waals surface area contributed by atoms with Gasteiger partial charge >= 0.3 is 6.03 Å². The first kappa shape index (κ1) is 22.3. The van der Waals surface area contributed by atoms with Crippen LogP contribution < -0.4 is 15.0 Å². The van der Waals surface area contributed by atoms with Crippen molar-refractivity contribution in [2.24, 2.45) is 0 Å². The Balaban J connectivity index is 1.65. The van der Waals surface area contributed by atoms with E-state index in [9.17, 15) is 14.4 Å². The molecule has 1 aliphatic rings. The summed E-state index contributed by atoms with van der Waals surface area (Å²) in [6.45, 7) is 4.03. The number of hydrogen-bond donors (Lipinski definition) is 1. The lowest BCUT2D eigenvalue weighted by molar-refractivity contribution is -0.122. The number of barbiturate groups is 1. The van der Waals surface area contributed by atoms with E-state index in [1.165, 1.54) is 6.08 Å². The molecule has 33 heavy (non-hydrogen) atoms. The fourth-order valence-electron chi connectivity index (χ4n) is 3.60. The van der Waals surface area contributed by atoms with Gasteiger partial charge in [-0.1, -0.05) is 48.0 Å². The molecule has 6 nitrogen and oxygen atoms in total. The van der Waals surface area contributed by atoms with Crippen molar-refractivity contribution in [1.82, 2.24) is 5.32 Å². The maximum Gasteiger partial charge on any atom is 0.335 e. The third kappa shape index (κ3) is 4.96. The van der Waals surface area contributed by atoms with Crippen LogP contribution in [0.4, 0.5) is 10.5 Å². The first-order valence-corrected chi connectivity index (χ1v) is 10.7. The fraction of sp³-hybridized carbons (Fsp3) is 0.115. The van der Waals surface area contributed by atoms with Gasteiger partial charge in [0.15, 0.2) is 0 Å². The molecule has 0 unspecified atom stereocenters. The van der Waals surface area contributed by atoms with Gasteiger partial charge in [0, 0.05) is 10.6 Å². The minimum Gasteiger partial charge on any atom is -0.488 e. The zero-order valence-electron chi connectivity index (χ0n) is 18.1. The van der Waals surface area contributed by atoms with Gasteiger partial charge in [0.1, 0.15) is 17.9 Å². The first-order valence-electron chi connectivity index (χ1n) is 10.3. The molecule has 1 saturated heterocycles. The molecule has 0 aromatic heterocycles. The van der Waals surface area contributed by atoms with Crippen molar-refractivity contribution in [2.75, 3.05) is 4.90 Å². The minimum absolute atomic E-state index is 0.156. The molecule has 0 aliphatic carbocycles. The number of urea groups is 1. The molecule has 0 bridgehead atoms. The maximum absolute atomic E-state index is 13.2. The van der Waals surface area contributed by atoms with Crippen molar-refractivity contribution in [3.63, 3.8) is 0 Å². The summed E-state index contributed by atoms with van der Waals surface area (Å²) in [6, 6.07) is 18.9. The monoisotopic (exact) mass is 460 g/mol. The predicted octanol–water partition coefficient (Wildman–Crippen LogP) is 5.20. The minimum atomic E-state index is -0.778. The number of aryl methyl sites for hydroxylation is 2. The van der Waals surface area contributed by atoms with Gasteiger partial charge < -0.3 is 4.74 Å². The maximum atomic E-state index is 13.2. The highest BCUT2D eigenvalue weighted by molar-refractivity contribution is 6.39. The van der Waals surface area contributed by atoms with Gasteiger partial charge in [-0.05, 0) is 66.9 Å². The number of anilines is 1. The van der Waals surface area contributed by atoms with Gasteiger partial charge in [0.25, 0.3) is 11.8 Å². The van der Waals surface area contributed by atoms with E-state index in [1.807, 2.05) is 32.0 Å². The number of benzene rings is 3. The summed E-state index contributed by atoms with van der Waals surface area (Å²) in [4.78, 5) is 39.2. The van der Waals surface area contributed by atoms with E-state index in [4.69, 9.17) is 16.3 Å². The topological polar surface area (TPSA) is 75.7 Å². The highest BCUT2D eigenvalue weighted by Gasteiger charge is 2.37. The van der Waals surface area contributed by atoms with E-state index in [0.29, 0.717) is 22.0 Å². The van der Waals surface area contributed by atoms with Crippen molar-refractivity contribution >= 4 is 41.2 Å². The summed E-state index contributed by atoms with van der Waals surface area (Å²) in [5, 5.41) is 2.89. The molecule has 3 aromatic carbocycles. The Morgan fingerprint density at radius 1 is 0.939 bits per heavy atom. The zero-order chi connectivity index (χ0) is 23.5. The highest BCUT2D eigenvalue weighted by atomic mass is 35.5. The van der Waals surface area contributed by atoms with E-state index in [0.717, 1.165) is 21.6 Å². The van der Waals surface area contributed by atoms with Crippen LogP contribution in [0.25, 0.3) is 6.08 Å². The molecule has 7 heteroatoms. The number of halogens is 1. The number of ether oxygens (including phenoxy) is 1. The zero-order valence-corrected chi connectivity index (χ0v) is 18.8. The number of rotatable bonds is 5. The van der Waals surface area contributed by atoms with Crippen LogP contribution in [0.3, 0.4) is 0 Å². The van der Waals surface area contributed by atoms with Gasteiger partial charge in [-0.15, -0.1) is 0 Å². The summed E-state index contributed by atoms with van der Waals surface area (Å²) >= 11 is 5.93. The normalized spacial score (nSPS) is 15.1. The van der Waals surface area contributed by atoms with Crippen LogP contribution in [0.15, 0.2) is 72.3 Å². The van der Waals surface area contributed by atoms with E-state index in [2.05, 4.69) is 5.32 Å². The quantitative estimate of drug-likeness (QED) is 0.419. The molecule has 4 rings (SSSR count). The smallest absolute Gasteiger partial charge is 0.335 e. The average Bonchev–Trinajstić information content (AvgIpc) is 2.76. The fourth-order valence-corrected chi connectivity index (χ4v) is 3.73. The van der Waals surface area contributed by atoms with Crippen molar-refractivity contribution in [3.8, 4) is 5.75 Å². The number of imide groups is 2. The van der Waals surface area contributed by atoms with Crippen LogP contribution in [-0.4, -0.2) is 17.8 Å². The lowest BCUT2D eigenvalue weighted by Gasteiger charge is -2.27. The van der Waals surface area contributed by atoms with Crippen molar-refractivity contribution in [2.45, 2.75) is 20.5 Å². The van der Waals surface area contributed by atoms with Crippen LogP contribution in [0, 0.1) is 13.8 Å². The summed E-state index contributed by atoms with van der Waals surface area (Å²) in [7, 11) is 0. The molecule has 0 spiro atoms. The Bertz CT molecular complexity index is 1260. The van der Waals surface area contributed by atoms with Crippen LogP contribution in [0.5, 0.6) is 5.75 Å². The Kier molecular flexibility index (Phi) is 6.29. The van der Waals surface area contributed by atoms with Crippen molar-refractivity contribution in [1.29, 1.82) is 0 Å². The van der Waals surface area contributed by atoms with Gasteiger partial charge in [-0.25, -0.2) is 9.69 Å². The van der Waals surface area contributed by atoms with Crippen LogP contribution in [0.1, 0.15) is 22.3 Å². The van der Waals surface area contributed by atoms with E-state index >= 15 is 0 Å². The van der Waals surface area contributed by atoms with Gasteiger partial charge in [-0.3, -0.25) is 14.9 Å². The Hall–Kier alpha value is -3.90. The van der Waals surface area contributed by atoms with Crippen molar-refractivity contribution in [3.05, 3.63) is 99.6 Å². The number of para-hydroxylation sites is 1. The molecule has 1 N–H and O–H groups in total. The third-order valence-corrected chi connectivity index (χ3v) is 5.34. The lowest BCUT2D eigenvalue weighted by Crippen LogP contribution is -2.54. The largest absolute Gasteiger partial charge is 0.488 e. The molecular weight excluding hydrogens is 440 g/mol. The summed E-state index contributed by atoms with van der Waals surface area (Å²) in [5.74, 6) is -0.949. The molecule has 4 amide bonds. The molecular formula is C26H21ClN2O4. The molecule has 1 fully saturated rings. The Morgan fingerprint density at radius 3 is 2.30 bits per heavy atom. The SMILES string of the molecule is Cc1cc(C)cc(N2C(=O)NC(=O)/C(=C\c3ccccc3OCc3ccc(Cl)cc3)C2=O)c1. The van der Waals surface area contributed by atoms with E-state index in [1.54, 1.807) is 48.5 Å². The second-order valence-electron chi connectivity index (χ2n) is 7.76. The molecule has 166 valence electrons. The number of nitrogens with one attached hydrogen (secondary N) is 1. The predicted molar refractivity (Wildman–Crippen MR) is 127 cm³/mol. The standard InChI is InChI=1S/C26H21ClN2O4/c1-16-11-17(2)13-21(12-16)29-25(31)22(24(30)28-26(29)32)14-19-5-3-4-6-23(19)33-15-18-7-9-20(27)10-8-18/h3-14H,15H2,1-2H3,(H,28,30,32)/b22-14+. The van der Waals surface area contributed by atoms with Crippen LogP contribution in [-0.2, 0) is 16.2 Å². The van der Waals surface area contributed by atoms with Gasteiger partial charge in [-0.2, -0.15) is 0 Å². The Labute approximate surface area is 196 Å². The average molecular weight is 461 g/mol. The number of carbonyl (C=O) groups is 3. The van der Waals surface area contributed by atoms with E-state index < -0.39 is 17.8 Å². The number of amides is 4. The summed E-state index contributed by atoms with van der Waals surface area (Å²) in [5.41, 5.74) is 3.50. The highest BCUT2D eigenvalue weighted by Crippen LogP contribution is 2.27. The summed E-state index contributed by atoms with van der Waals surface area (Å²) in [6.07, 6.45) is 1.44.